The first-order chi connectivity index (χ1) is 19.0. The molecule has 10 nitrogen and oxygen atoms in total. The van der Waals surface area contributed by atoms with Crippen LogP contribution in [0.25, 0.3) is 0 Å². The molecule has 222 valence electrons. The molecule has 2 aliphatic rings. The molecular weight excluding hydrogens is 508 g/mol. The van der Waals surface area contributed by atoms with Crippen molar-refractivity contribution in [2.24, 2.45) is 23.3 Å². The van der Waals surface area contributed by atoms with Crippen LogP contribution in [0.5, 0.6) is 0 Å². The van der Waals surface area contributed by atoms with E-state index >= 15 is 0 Å². The fourth-order valence-electron chi connectivity index (χ4n) is 4.73. The van der Waals surface area contributed by atoms with Crippen LogP contribution in [0.3, 0.4) is 0 Å². The molecule has 0 aromatic rings. The van der Waals surface area contributed by atoms with Gasteiger partial charge >= 0.3 is 0 Å². The summed E-state index contributed by atoms with van der Waals surface area (Å²) in [7, 11) is 0. The highest BCUT2D eigenvalue weighted by atomic mass is 16.2. The number of nitrogens with two attached hydrogens (primary N) is 2. The molecule has 2 atom stereocenters. The highest BCUT2D eigenvalue weighted by Gasteiger charge is 2.27. The van der Waals surface area contributed by atoms with Gasteiger partial charge in [-0.1, -0.05) is 65.5 Å². The van der Waals surface area contributed by atoms with Crippen LogP contribution >= 0.6 is 0 Å². The van der Waals surface area contributed by atoms with E-state index in [0.29, 0.717) is 24.2 Å². The van der Waals surface area contributed by atoms with Gasteiger partial charge in [0, 0.05) is 36.6 Å². The van der Waals surface area contributed by atoms with Crippen molar-refractivity contribution >= 4 is 23.6 Å². The van der Waals surface area contributed by atoms with Gasteiger partial charge < -0.3 is 31.9 Å². The van der Waals surface area contributed by atoms with Crippen molar-refractivity contribution in [1.29, 1.82) is 0 Å². The van der Waals surface area contributed by atoms with E-state index in [1.54, 1.807) is 46.5 Å². The predicted molar refractivity (Wildman–Crippen MR) is 157 cm³/mol. The molecule has 0 fully saturated rings. The van der Waals surface area contributed by atoms with E-state index in [1.165, 1.54) is 0 Å². The first-order valence-corrected chi connectivity index (χ1v) is 14.5. The van der Waals surface area contributed by atoms with Gasteiger partial charge in [-0.15, -0.1) is 0 Å². The van der Waals surface area contributed by atoms with E-state index in [0.717, 1.165) is 51.6 Å². The highest BCUT2D eigenvalue weighted by Crippen LogP contribution is 2.14. The molecule has 0 saturated carbocycles. The smallest absolute Gasteiger partial charge is 0.248 e. The topological polar surface area (TPSA) is 151 Å². The molecule has 0 aromatic carbocycles. The van der Waals surface area contributed by atoms with Gasteiger partial charge in [0.05, 0.1) is 12.1 Å². The van der Waals surface area contributed by atoms with E-state index in [4.69, 9.17) is 11.5 Å². The van der Waals surface area contributed by atoms with Gasteiger partial charge in [0.1, 0.15) is 0 Å². The third-order valence-corrected chi connectivity index (χ3v) is 7.22. The Morgan fingerprint density at radius 2 is 1.02 bits per heavy atom. The Balaban J connectivity index is 1.60. The Hall–Kier alpha value is -3.24. The van der Waals surface area contributed by atoms with Crippen molar-refractivity contribution in [1.82, 2.24) is 20.4 Å². The number of primary amides is 2. The Bertz CT molecular complexity index is 934. The summed E-state index contributed by atoms with van der Waals surface area (Å²) in [6, 6.07) is -0.560. The lowest BCUT2D eigenvalue weighted by Gasteiger charge is -2.28. The van der Waals surface area contributed by atoms with E-state index in [1.807, 2.05) is 27.7 Å². The summed E-state index contributed by atoms with van der Waals surface area (Å²) in [6.45, 7) is 10.4. The van der Waals surface area contributed by atoms with E-state index in [2.05, 4.69) is 10.6 Å². The van der Waals surface area contributed by atoms with Crippen molar-refractivity contribution in [3.63, 3.8) is 0 Å². The number of nitrogens with one attached hydrogen (secondary N) is 2. The zero-order chi connectivity index (χ0) is 29.7. The molecule has 0 bridgehead atoms. The molecule has 10 heteroatoms. The van der Waals surface area contributed by atoms with Crippen molar-refractivity contribution in [2.45, 2.75) is 78.3 Å². The van der Waals surface area contributed by atoms with Crippen LogP contribution in [0.2, 0.25) is 0 Å². The lowest BCUT2D eigenvalue weighted by Crippen LogP contribution is -2.48. The van der Waals surface area contributed by atoms with Gasteiger partial charge in [0.2, 0.25) is 23.6 Å². The van der Waals surface area contributed by atoms with Crippen LogP contribution in [-0.2, 0) is 19.2 Å². The third-order valence-electron chi connectivity index (χ3n) is 7.22. The van der Waals surface area contributed by atoms with Crippen LogP contribution in [0.1, 0.15) is 66.2 Å². The minimum absolute atomic E-state index is 0.000103. The number of nitrogens with zero attached hydrogens (tertiary/aromatic N) is 2. The second-order valence-corrected chi connectivity index (χ2v) is 11.1. The molecule has 40 heavy (non-hydrogen) atoms. The summed E-state index contributed by atoms with van der Waals surface area (Å²) in [6.07, 6.45) is 16.2. The summed E-state index contributed by atoms with van der Waals surface area (Å²) in [5, 5.41) is 6.83. The molecule has 0 aromatic heterocycles. The molecule has 2 heterocycles. The number of rotatable bonds is 17. The van der Waals surface area contributed by atoms with Crippen molar-refractivity contribution < 1.29 is 19.2 Å². The van der Waals surface area contributed by atoms with E-state index < -0.39 is 11.8 Å². The number of amides is 4. The largest absolute Gasteiger partial charge is 0.366 e. The number of carbonyl (C=O) groups is 4. The highest BCUT2D eigenvalue weighted by molar-refractivity contribution is 5.96. The third kappa shape index (κ3) is 10.4. The van der Waals surface area contributed by atoms with Crippen LogP contribution in [-0.4, -0.2) is 71.7 Å². The summed E-state index contributed by atoms with van der Waals surface area (Å²) in [4.78, 5) is 51.7. The fraction of sp³-hybridized carbons (Fsp3) is 0.600. The SMILES string of the molecule is CC(C)C(NCCCCCCCCNC(C(=O)N1C=CC(C(N)=O)=CC1)C(C)C)C(=O)N1C=CC(C(N)=O)=CC1. The van der Waals surface area contributed by atoms with Crippen molar-refractivity contribution in [3.05, 3.63) is 47.9 Å². The van der Waals surface area contributed by atoms with Crippen LogP contribution in [0.4, 0.5) is 0 Å². The standard InChI is InChI=1S/C30H48N6O4/c1-21(2)25(29(39)35-17-11-23(12-18-35)27(31)37)33-15-9-7-5-6-8-10-16-34-26(22(3)4)30(40)36-19-13-24(14-20-36)28(32)38/h11-14,17,19,21-22,25-26,33-34H,5-10,15-16,18,20H2,1-4H3,(H2,31,37)(H2,32,38). The normalized spacial score (nSPS) is 16.6. The maximum absolute atomic E-state index is 13.0. The minimum Gasteiger partial charge on any atom is -0.366 e. The second-order valence-electron chi connectivity index (χ2n) is 11.1. The van der Waals surface area contributed by atoms with Crippen LogP contribution in [0, 0.1) is 11.8 Å². The van der Waals surface area contributed by atoms with Gasteiger partial charge in [-0.25, -0.2) is 0 Å². The molecule has 6 N–H and O–H groups in total. The maximum Gasteiger partial charge on any atom is 0.248 e. The maximum atomic E-state index is 13.0. The molecule has 4 amide bonds. The number of hydrogen-bond donors (Lipinski definition) is 4. The Morgan fingerprint density at radius 3 is 1.30 bits per heavy atom. The van der Waals surface area contributed by atoms with E-state index in [-0.39, 0.29) is 35.7 Å². The summed E-state index contributed by atoms with van der Waals surface area (Å²) >= 11 is 0. The summed E-state index contributed by atoms with van der Waals surface area (Å²) in [5.41, 5.74) is 11.5. The number of hydrogen-bond acceptors (Lipinski definition) is 6. The summed E-state index contributed by atoms with van der Waals surface area (Å²) in [5.74, 6) is -0.685. The minimum atomic E-state index is -0.487. The molecule has 2 unspecified atom stereocenters. The van der Waals surface area contributed by atoms with E-state index in [9.17, 15) is 19.2 Å². The zero-order valence-electron chi connectivity index (χ0n) is 24.5. The Labute approximate surface area is 238 Å². The van der Waals surface area contributed by atoms with Gasteiger partial charge in [-0.3, -0.25) is 19.2 Å². The van der Waals surface area contributed by atoms with Gasteiger partial charge in [0.25, 0.3) is 0 Å². The first-order valence-electron chi connectivity index (χ1n) is 14.5. The van der Waals surface area contributed by atoms with Gasteiger partial charge in [-0.2, -0.15) is 0 Å². The molecule has 2 rings (SSSR count). The van der Waals surface area contributed by atoms with Crippen LogP contribution in [0.15, 0.2) is 47.9 Å². The molecule has 2 aliphatic heterocycles. The lowest BCUT2D eigenvalue weighted by atomic mass is 10.0. The summed E-state index contributed by atoms with van der Waals surface area (Å²) < 4.78 is 0. The molecule has 0 saturated heterocycles. The molecule has 0 spiro atoms. The van der Waals surface area contributed by atoms with Crippen molar-refractivity contribution in [3.8, 4) is 0 Å². The zero-order valence-corrected chi connectivity index (χ0v) is 24.5. The van der Waals surface area contributed by atoms with Crippen LogP contribution < -0.4 is 22.1 Å². The molecule has 0 aliphatic carbocycles. The second kappa shape index (κ2) is 16.8. The number of unbranched alkanes of at least 4 members (excludes halogenated alkanes) is 5. The quantitative estimate of drug-likeness (QED) is 0.202. The first kappa shape index (κ1) is 33.0. The van der Waals surface area contributed by atoms with Crippen molar-refractivity contribution in [2.75, 3.05) is 26.2 Å². The predicted octanol–water partition coefficient (Wildman–Crippen LogP) is 2.09. The molecule has 0 radical (unpaired) electrons. The lowest BCUT2D eigenvalue weighted by molar-refractivity contribution is -0.132. The fourth-order valence-corrected chi connectivity index (χ4v) is 4.73. The average molecular weight is 557 g/mol. The Morgan fingerprint density at radius 1 is 0.675 bits per heavy atom. The van der Waals surface area contributed by atoms with Gasteiger partial charge in [0.15, 0.2) is 0 Å². The monoisotopic (exact) mass is 556 g/mol. The number of carbonyl (C=O) groups excluding carboxylic acids is 4. The molecular formula is C30H48N6O4. The Kier molecular flexibility index (Phi) is 13.8. The average Bonchev–Trinajstić information content (AvgIpc) is 2.92. The van der Waals surface area contributed by atoms with Gasteiger partial charge in [-0.05, 0) is 49.9 Å².